The monoisotopic (exact) mass is 1900 g/mol. The molecule has 4 N–H and O–H groups in total. The van der Waals surface area contributed by atoms with Gasteiger partial charge in [0, 0.05) is 163 Å². The molecule has 5 aromatic heterocycles. The van der Waals surface area contributed by atoms with Crippen LogP contribution in [-0.2, 0) is 9.47 Å². The maximum atomic E-state index is 12.7. The molecule has 3 unspecified atom stereocenters. The number of rotatable bonds is 19. The van der Waals surface area contributed by atoms with Gasteiger partial charge in [0.15, 0.2) is 22.0 Å². The smallest absolute Gasteiger partial charge is 0.201 e. The van der Waals surface area contributed by atoms with Gasteiger partial charge in [-0.15, -0.1) is 0 Å². The Bertz CT molecular complexity index is 5190. The van der Waals surface area contributed by atoms with Crippen LogP contribution in [0.2, 0.25) is 5.22 Å². The lowest BCUT2D eigenvalue weighted by Gasteiger charge is -2.27. The minimum atomic E-state index is -0.136. The summed E-state index contributed by atoms with van der Waals surface area (Å²) >= 11 is 26.1. The predicted octanol–water partition coefficient (Wildman–Crippen LogP) is 19.8. The van der Waals surface area contributed by atoms with Gasteiger partial charge in [0.05, 0.1) is 91.3 Å². The SMILES string of the molecule is Brc1cccc2c1Sc1ccc(I)cc1S2.Cc1cnc(C(CCN(C)C)Nc2ccc3c(c2)Sc2cccc(-c4cc(=O)cc(N5CCOCC5)o4)c2S3)cn1.Cc1cnc(C(CCN(C)C)Nc2ccc3c(c2)Sc2cccc(Br)c2S3)cn1.Cc1cnc(C(N)CCN(C)C)cn1.O=c1cc(Cl)oc(N2CCOCC2)c1. The third-order valence-electron chi connectivity index (χ3n) is 18.1. The van der Waals surface area contributed by atoms with E-state index in [0.717, 1.165) is 117 Å². The van der Waals surface area contributed by atoms with Gasteiger partial charge in [-0.05, 0) is 253 Å². The van der Waals surface area contributed by atoms with Gasteiger partial charge in [-0.1, -0.05) is 94.8 Å². The summed E-state index contributed by atoms with van der Waals surface area (Å²) < 4.78 is 25.8. The molecule has 3 atom stereocenters. The second-order valence-corrected chi connectivity index (χ2v) is 37.7. The molecule has 0 radical (unpaired) electrons. The maximum absolute atomic E-state index is 12.7. The molecule has 114 heavy (non-hydrogen) atoms. The van der Waals surface area contributed by atoms with E-state index in [4.69, 9.17) is 35.6 Å². The van der Waals surface area contributed by atoms with E-state index in [-0.39, 0.29) is 34.2 Å². The average molecular weight is 1910 g/mol. The molecule has 11 aromatic rings. The summed E-state index contributed by atoms with van der Waals surface area (Å²) in [6, 6.07) is 44.7. The number of anilines is 4. The first-order valence-corrected chi connectivity index (χ1v) is 45.0. The number of hydrogen-bond donors (Lipinski definition) is 3. The second-order valence-electron chi connectivity index (χ2n) is 27.9. The summed E-state index contributed by atoms with van der Waals surface area (Å²) in [7, 11) is 12.4. The summed E-state index contributed by atoms with van der Waals surface area (Å²) in [5.74, 6) is 1.71. The highest BCUT2D eigenvalue weighted by Gasteiger charge is 2.27. The van der Waals surface area contributed by atoms with Crippen LogP contribution < -0.4 is 37.0 Å². The number of aryl methyl sites for hydroxylation is 3. The van der Waals surface area contributed by atoms with Crippen molar-refractivity contribution in [2.45, 2.75) is 117 Å². The van der Waals surface area contributed by atoms with Crippen molar-refractivity contribution >= 4 is 160 Å². The molecule has 2 fully saturated rings. The molecule has 5 aliphatic rings. The largest absolute Gasteiger partial charge is 0.440 e. The number of aromatic nitrogens is 6. The van der Waals surface area contributed by atoms with Crippen LogP contribution in [0.1, 0.15) is 71.6 Å². The third-order valence-corrected chi connectivity index (χ3v) is 28.6. The Hall–Kier alpha value is -6.50. The van der Waals surface area contributed by atoms with E-state index in [2.05, 4.69) is 240 Å². The lowest BCUT2D eigenvalue weighted by atomic mass is 10.1. The summed E-state index contributed by atoms with van der Waals surface area (Å²) in [4.78, 5) is 76.1. The molecule has 596 valence electrons. The molecule has 0 bridgehead atoms. The number of halogens is 4. The lowest BCUT2D eigenvalue weighted by Crippen LogP contribution is -2.36. The van der Waals surface area contributed by atoms with Gasteiger partial charge >= 0.3 is 0 Å². The number of ether oxygens (including phenoxy) is 2. The Morgan fingerprint density at radius 2 is 0.877 bits per heavy atom. The van der Waals surface area contributed by atoms with Crippen LogP contribution in [0.3, 0.4) is 0 Å². The third kappa shape index (κ3) is 24.8. The average Bonchev–Trinajstić information content (AvgIpc) is 0.770. The van der Waals surface area contributed by atoms with E-state index in [1.54, 1.807) is 48.1 Å². The fraction of sp³-hybridized carbons (Fsp3) is 0.310. The van der Waals surface area contributed by atoms with Crippen molar-refractivity contribution in [2.75, 3.05) is 135 Å². The van der Waals surface area contributed by atoms with Crippen LogP contribution >= 0.6 is 137 Å². The van der Waals surface area contributed by atoms with Gasteiger partial charge in [-0.2, -0.15) is 0 Å². The minimum absolute atomic E-state index is 0.00880. The number of morpholine rings is 2. The molecular weight excluding hydrogens is 1820 g/mol. The molecule has 30 heteroatoms. The molecule has 5 aliphatic heterocycles. The number of fused-ring (bicyclic) bond motifs is 6. The molecule has 0 amide bonds. The van der Waals surface area contributed by atoms with Gasteiger partial charge in [-0.3, -0.25) is 39.5 Å². The van der Waals surface area contributed by atoms with Crippen molar-refractivity contribution in [1.82, 2.24) is 44.6 Å². The number of hydrogen-bond acceptors (Lipinski definition) is 26. The summed E-state index contributed by atoms with van der Waals surface area (Å²) in [6.45, 7) is 14.1. The van der Waals surface area contributed by atoms with Crippen LogP contribution in [0, 0.1) is 24.3 Å². The van der Waals surface area contributed by atoms with Crippen LogP contribution in [0.4, 0.5) is 23.1 Å². The molecule has 6 aromatic carbocycles. The zero-order valence-corrected chi connectivity index (χ0v) is 75.7. The van der Waals surface area contributed by atoms with Crippen molar-refractivity contribution in [1.29, 1.82) is 0 Å². The molecule has 0 saturated carbocycles. The molecule has 16 rings (SSSR count). The topological polar surface area (TPSA) is 223 Å². The van der Waals surface area contributed by atoms with Gasteiger partial charge in [0.1, 0.15) is 5.76 Å². The Labute approximate surface area is 727 Å². The fourth-order valence-corrected chi connectivity index (χ4v) is 21.4. The highest BCUT2D eigenvalue weighted by Crippen LogP contribution is 2.55. The van der Waals surface area contributed by atoms with Crippen molar-refractivity contribution in [2.24, 2.45) is 5.73 Å². The first kappa shape index (κ1) is 86.8. The van der Waals surface area contributed by atoms with E-state index >= 15 is 0 Å². The standard InChI is InChI=1S/C31H33N5O3S2.C22H23BrN4S2.C12H6BrIS2.C10H18N4.C9H10ClNO3/c1-20-18-33-25(19-32-20)24(9-10-35(2)3)34-21-7-8-27-29(15-21)40-28-6-4-5-23(31(28)41-27)26-16-22(37)17-30(39-26)36-11-13-38-14-12-36;1-14-12-25-18(13-24-14)17(9-10-27(2)3)26-15-7-8-19-21(11-15)28-20-6-4-5-16(23)22(20)29-19;13-8-2-1-3-10-12(8)16-9-5-4-7(14)6-11(9)15-10;1-8-6-13-10(7-12-8)9(11)4-5-14(2)3;10-8-5-7(12)6-9(14-8)11-1-3-13-4-2-11/h4-8,15-19,24,34H,9-14H2,1-3H3;4-8,11-13,17,26H,9-10H2,1-3H3;1-6H;6-7,9H,4-5,11H2,1-3H3;5-6H,1-4H2. The van der Waals surface area contributed by atoms with Gasteiger partial charge in [0.2, 0.25) is 5.88 Å². The van der Waals surface area contributed by atoms with Gasteiger partial charge < -0.3 is 59.2 Å². The van der Waals surface area contributed by atoms with E-state index < -0.39 is 0 Å². The summed E-state index contributed by atoms with van der Waals surface area (Å²) in [6.07, 6.45) is 13.7. The van der Waals surface area contributed by atoms with Crippen LogP contribution in [0.5, 0.6) is 0 Å². The fourth-order valence-electron chi connectivity index (χ4n) is 12.1. The minimum Gasteiger partial charge on any atom is -0.440 e. The lowest BCUT2D eigenvalue weighted by molar-refractivity contribution is 0.120. The summed E-state index contributed by atoms with van der Waals surface area (Å²) in [5.41, 5.74) is 14.4. The molecule has 0 aliphatic carbocycles. The second kappa shape index (κ2) is 42.2. The van der Waals surface area contributed by atoms with Crippen LogP contribution in [0.15, 0.2) is 257 Å². The van der Waals surface area contributed by atoms with Gasteiger partial charge in [-0.25, -0.2) is 0 Å². The number of nitrogens with zero attached hydrogens (tertiary/aromatic N) is 11. The highest BCUT2D eigenvalue weighted by molar-refractivity contribution is 14.1. The van der Waals surface area contributed by atoms with E-state index in [9.17, 15) is 9.59 Å². The Kier molecular flexibility index (Phi) is 32.2. The molecule has 0 spiro atoms. The highest BCUT2D eigenvalue weighted by atomic mass is 127. The first-order chi connectivity index (χ1) is 55.0. The molecular formula is C84H90Br2ClIN14O6S6. The van der Waals surface area contributed by atoms with Crippen molar-refractivity contribution in [3.63, 3.8) is 0 Å². The number of nitrogens with two attached hydrogens (primary N) is 1. The number of nitrogens with one attached hydrogen (secondary N) is 2. The Morgan fingerprint density at radius 3 is 1.33 bits per heavy atom. The van der Waals surface area contributed by atoms with E-state index in [0.29, 0.717) is 57.0 Å². The predicted molar refractivity (Wildman–Crippen MR) is 481 cm³/mol. The maximum Gasteiger partial charge on any atom is 0.201 e. The number of benzene rings is 6. The molecule has 20 nitrogen and oxygen atoms in total. The Balaban J connectivity index is 0.000000142. The van der Waals surface area contributed by atoms with Crippen LogP contribution in [0.25, 0.3) is 11.3 Å². The molecule has 2 saturated heterocycles. The Morgan fingerprint density at radius 1 is 0.465 bits per heavy atom. The van der Waals surface area contributed by atoms with Gasteiger partial charge in [0.25, 0.3) is 0 Å². The zero-order valence-electron chi connectivity index (χ0n) is 64.7. The first-order valence-electron chi connectivity index (χ1n) is 37.1. The normalized spacial score (nSPS) is 14.6. The van der Waals surface area contributed by atoms with E-state index in [1.807, 2.05) is 124 Å². The summed E-state index contributed by atoms with van der Waals surface area (Å²) in [5, 5.41) is 7.53. The zero-order chi connectivity index (χ0) is 80.4. The van der Waals surface area contributed by atoms with Crippen molar-refractivity contribution in [3.05, 3.63) is 243 Å². The molecule has 10 heterocycles. The van der Waals surface area contributed by atoms with Crippen molar-refractivity contribution < 1.29 is 18.3 Å². The van der Waals surface area contributed by atoms with E-state index in [1.165, 1.54) is 69.1 Å². The quantitative estimate of drug-likeness (QED) is 0.0640. The van der Waals surface area contributed by atoms with Crippen LogP contribution in [-0.4, -0.2) is 159 Å². The van der Waals surface area contributed by atoms with Crippen molar-refractivity contribution in [3.8, 4) is 11.3 Å².